The van der Waals surface area contributed by atoms with Gasteiger partial charge < -0.3 is 10.5 Å². The Morgan fingerprint density at radius 3 is 2.47 bits per heavy atom. The van der Waals surface area contributed by atoms with Gasteiger partial charge in [-0.25, -0.2) is 4.39 Å². The smallest absolute Gasteiger partial charge is 0.142 e. The van der Waals surface area contributed by atoms with Crippen molar-refractivity contribution in [1.29, 1.82) is 0 Å². The summed E-state index contributed by atoms with van der Waals surface area (Å²) in [5.74, 6) is 0.370. The van der Waals surface area contributed by atoms with Gasteiger partial charge in [-0.1, -0.05) is 29.8 Å². The van der Waals surface area contributed by atoms with E-state index in [2.05, 4.69) is 0 Å². The van der Waals surface area contributed by atoms with Gasteiger partial charge in [0.2, 0.25) is 0 Å². The Morgan fingerprint density at radius 1 is 1.21 bits per heavy atom. The highest BCUT2D eigenvalue weighted by molar-refractivity contribution is 6.30. The van der Waals surface area contributed by atoms with Crippen molar-refractivity contribution in [2.45, 2.75) is 12.5 Å². The Kier molecular flexibility index (Phi) is 4.40. The molecule has 0 fully saturated rings. The van der Waals surface area contributed by atoms with Gasteiger partial charge in [0.1, 0.15) is 11.6 Å². The fourth-order valence-corrected chi connectivity index (χ4v) is 2.01. The summed E-state index contributed by atoms with van der Waals surface area (Å²) in [5, 5.41) is 0.127. The van der Waals surface area contributed by atoms with Gasteiger partial charge in [-0.15, -0.1) is 0 Å². The lowest BCUT2D eigenvalue weighted by Gasteiger charge is -2.13. The molecule has 2 N–H and O–H groups in total. The van der Waals surface area contributed by atoms with Crippen molar-refractivity contribution in [2.24, 2.45) is 5.73 Å². The van der Waals surface area contributed by atoms with Crippen molar-refractivity contribution >= 4 is 11.6 Å². The van der Waals surface area contributed by atoms with Gasteiger partial charge in [0.15, 0.2) is 0 Å². The fraction of sp³-hybridized carbons (Fsp3) is 0.200. The lowest BCUT2D eigenvalue weighted by molar-refractivity contribution is 0.414. The second-order valence-electron chi connectivity index (χ2n) is 4.33. The molecule has 1 unspecified atom stereocenters. The maximum absolute atomic E-state index is 13.3. The number of hydrogen-bond donors (Lipinski definition) is 1. The Balaban J connectivity index is 2.10. The second-order valence-corrected chi connectivity index (χ2v) is 4.74. The van der Waals surface area contributed by atoms with E-state index in [1.807, 2.05) is 24.3 Å². The molecule has 0 heterocycles. The van der Waals surface area contributed by atoms with Gasteiger partial charge in [0, 0.05) is 6.04 Å². The molecule has 0 aliphatic rings. The zero-order valence-corrected chi connectivity index (χ0v) is 11.3. The summed E-state index contributed by atoms with van der Waals surface area (Å²) in [6.45, 7) is 0. The molecule has 0 bridgehead atoms. The largest absolute Gasteiger partial charge is 0.497 e. The molecule has 100 valence electrons. The van der Waals surface area contributed by atoms with Crippen LogP contribution in [0.15, 0.2) is 42.5 Å². The van der Waals surface area contributed by atoms with Crippen LogP contribution in [0.5, 0.6) is 5.75 Å². The molecule has 0 aliphatic heterocycles. The minimum Gasteiger partial charge on any atom is -0.497 e. The lowest BCUT2D eigenvalue weighted by Crippen LogP contribution is -2.13. The maximum Gasteiger partial charge on any atom is 0.142 e. The first-order valence-electron chi connectivity index (χ1n) is 5.93. The SMILES string of the molecule is COc1ccc(C(N)Cc2ccc(Cl)c(F)c2)cc1. The number of ether oxygens (including phenoxy) is 1. The van der Waals surface area contributed by atoms with E-state index in [-0.39, 0.29) is 11.1 Å². The minimum atomic E-state index is -0.416. The Hall–Kier alpha value is -1.58. The number of nitrogens with two attached hydrogens (primary N) is 1. The van der Waals surface area contributed by atoms with Crippen molar-refractivity contribution in [1.82, 2.24) is 0 Å². The van der Waals surface area contributed by atoms with Crippen LogP contribution >= 0.6 is 11.6 Å². The van der Waals surface area contributed by atoms with Crippen molar-refractivity contribution in [3.05, 3.63) is 64.4 Å². The van der Waals surface area contributed by atoms with Gasteiger partial charge in [-0.2, -0.15) is 0 Å². The van der Waals surface area contributed by atoms with Crippen LogP contribution in [-0.4, -0.2) is 7.11 Å². The molecule has 4 heteroatoms. The molecule has 2 nitrogen and oxygen atoms in total. The average Bonchev–Trinajstić information content (AvgIpc) is 2.43. The summed E-state index contributed by atoms with van der Waals surface area (Å²) in [6.07, 6.45) is 0.556. The highest BCUT2D eigenvalue weighted by Crippen LogP contribution is 2.22. The number of halogens is 2. The Bertz CT molecular complexity index is 557. The van der Waals surface area contributed by atoms with Crippen LogP contribution < -0.4 is 10.5 Å². The molecule has 0 radical (unpaired) electrons. The van der Waals surface area contributed by atoms with Crippen LogP contribution in [0.4, 0.5) is 4.39 Å². The quantitative estimate of drug-likeness (QED) is 0.925. The molecule has 2 aromatic carbocycles. The second kappa shape index (κ2) is 6.04. The molecule has 19 heavy (non-hydrogen) atoms. The van der Waals surface area contributed by atoms with Gasteiger partial charge in [0.25, 0.3) is 0 Å². The first-order chi connectivity index (χ1) is 9.10. The Labute approximate surface area is 117 Å². The lowest BCUT2D eigenvalue weighted by atomic mass is 9.99. The number of hydrogen-bond acceptors (Lipinski definition) is 2. The predicted octanol–water partition coefficient (Wildman–Crippen LogP) is 3.73. The molecular weight excluding hydrogens is 265 g/mol. The molecule has 0 saturated heterocycles. The third-order valence-corrected chi connectivity index (χ3v) is 3.29. The zero-order chi connectivity index (χ0) is 13.8. The van der Waals surface area contributed by atoms with Crippen LogP contribution in [0, 0.1) is 5.82 Å². The van der Waals surface area contributed by atoms with Gasteiger partial charge in [0.05, 0.1) is 12.1 Å². The molecule has 0 aromatic heterocycles. The van der Waals surface area contributed by atoms with E-state index in [1.165, 1.54) is 6.07 Å². The number of benzene rings is 2. The predicted molar refractivity (Wildman–Crippen MR) is 75.0 cm³/mol. The monoisotopic (exact) mass is 279 g/mol. The Morgan fingerprint density at radius 2 is 1.89 bits per heavy atom. The highest BCUT2D eigenvalue weighted by atomic mass is 35.5. The van der Waals surface area contributed by atoms with Crippen molar-refractivity contribution in [3.8, 4) is 5.75 Å². The number of rotatable bonds is 4. The molecule has 0 spiro atoms. The molecule has 0 amide bonds. The summed E-state index contributed by atoms with van der Waals surface area (Å²) >= 11 is 5.65. The molecule has 1 atom stereocenters. The van der Waals surface area contributed by atoms with Crippen LogP contribution in [-0.2, 0) is 6.42 Å². The van der Waals surface area contributed by atoms with E-state index in [9.17, 15) is 4.39 Å². The first-order valence-corrected chi connectivity index (χ1v) is 6.31. The van der Waals surface area contributed by atoms with E-state index < -0.39 is 5.82 Å². The highest BCUT2D eigenvalue weighted by Gasteiger charge is 2.09. The normalized spacial score (nSPS) is 12.2. The molecule has 2 rings (SSSR count). The van der Waals surface area contributed by atoms with E-state index in [4.69, 9.17) is 22.1 Å². The summed E-state index contributed by atoms with van der Waals surface area (Å²) in [4.78, 5) is 0. The number of methoxy groups -OCH3 is 1. The van der Waals surface area contributed by atoms with E-state index in [0.717, 1.165) is 16.9 Å². The third kappa shape index (κ3) is 3.46. The van der Waals surface area contributed by atoms with Crippen molar-refractivity contribution in [3.63, 3.8) is 0 Å². The topological polar surface area (TPSA) is 35.2 Å². The standard InChI is InChI=1S/C15H15ClFNO/c1-19-12-5-3-11(4-6-12)15(18)9-10-2-7-13(16)14(17)8-10/h2-8,15H,9,18H2,1H3. The molecule has 2 aromatic rings. The van der Waals surface area contributed by atoms with Crippen LogP contribution in [0.3, 0.4) is 0 Å². The summed E-state index contributed by atoms with van der Waals surface area (Å²) in [5.41, 5.74) is 7.92. The van der Waals surface area contributed by atoms with Crippen molar-refractivity contribution in [2.75, 3.05) is 7.11 Å². The summed E-state index contributed by atoms with van der Waals surface area (Å²) in [6, 6.07) is 12.1. The fourth-order valence-electron chi connectivity index (χ4n) is 1.89. The molecule has 0 aliphatic carbocycles. The van der Waals surface area contributed by atoms with Crippen LogP contribution in [0.1, 0.15) is 17.2 Å². The van der Waals surface area contributed by atoms with Gasteiger partial charge in [-0.05, 0) is 41.8 Å². The van der Waals surface area contributed by atoms with E-state index in [1.54, 1.807) is 19.2 Å². The molecular formula is C15H15ClFNO. The van der Waals surface area contributed by atoms with E-state index in [0.29, 0.717) is 6.42 Å². The van der Waals surface area contributed by atoms with Crippen molar-refractivity contribution < 1.29 is 9.13 Å². The first kappa shape index (κ1) is 13.8. The average molecular weight is 280 g/mol. The summed E-state index contributed by atoms with van der Waals surface area (Å²) < 4.78 is 18.4. The molecule has 0 saturated carbocycles. The van der Waals surface area contributed by atoms with Gasteiger partial charge >= 0.3 is 0 Å². The maximum atomic E-state index is 13.3. The van der Waals surface area contributed by atoms with Crippen LogP contribution in [0.25, 0.3) is 0 Å². The van der Waals surface area contributed by atoms with Crippen LogP contribution in [0.2, 0.25) is 5.02 Å². The zero-order valence-electron chi connectivity index (χ0n) is 10.6. The van der Waals surface area contributed by atoms with Gasteiger partial charge in [-0.3, -0.25) is 0 Å². The minimum absolute atomic E-state index is 0.127. The van der Waals surface area contributed by atoms with E-state index >= 15 is 0 Å². The third-order valence-electron chi connectivity index (χ3n) is 2.98. The summed E-state index contributed by atoms with van der Waals surface area (Å²) in [7, 11) is 1.62.